The normalized spacial score (nSPS) is 39.1. The van der Waals surface area contributed by atoms with Crippen molar-refractivity contribution in [3.63, 3.8) is 0 Å². The van der Waals surface area contributed by atoms with Crippen molar-refractivity contribution < 1.29 is 0 Å². The molecule has 3 atom stereocenters. The van der Waals surface area contributed by atoms with Crippen molar-refractivity contribution in [2.75, 3.05) is 26.7 Å². The smallest absolute Gasteiger partial charge is 0.0125 e. The molecule has 0 saturated carbocycles. The lowest BCUT2D eigenvalue weighted by Crippen LogP contribution is -2.50. The van der Waals surface area contributed by atoms with Crippen molar-refractivity contribution in [3.8, 4) is 0 Å². The molecule has 3 unspecified atom stereocenters. The van der Waals surface area contributed by atoms with E-state index in [0.717, 1.165) is 24.2 Å². The molecule has 0 aromatic rings. The highest BCUT2D eigenvalue weighted by molar-refractivity contribution is 4.96. The first-order chi connectivity index (χ1) is 9.76. The molecule has 0 aromatic heterocycles. The van der Waals surface area contributed by atoms with Crippen molar-refractivity contribution in [2.45, 2.75) is 82.5 Å². The molecule has 3 heterocycles. The molecule has 0 aromatic carbocycles. The van der Waals surface area contributed by atoms with E-state index in [2.05, 4.69) is 29.1 Å². The van der Waals surface area contributed by atoms with Crippen molar-refractivity contribution in [1.82, 2.24) is 15.1 Å². The third-order valence-electron chi connectivity index (χ3n) is 5.93. The summed E-state index contributed by atoms with van der Waals surface area (Å²) in [5, 5.41) is 3.78. The van der Waals surface area contributed by atoms with Gasteiger partial charge in [-0.25, -0.2) is 0 Å². The summed E-state index contributed by atoms with van der Waals surface area (Å²) in [4.78, 5) is 5.45. The van der Waals surface area contributed by atoms with E-state index in [1.54, 1.807) is 0 Å². The predicted molar refractivity (Wildman–Crippen MR) is 85.1 cm³/mol. The number of rotatable bonds is 4. The molecule has 1 N–H and O–H groups in total. The summed E-state index contributed by atoms with van der Waals surface area (Å²) < 4.78 is 0. The van der Waals surface area contributed by atoms with E-state index in [4.69, 9.17) is 0 Å². The molecule has 3 heteroatoms. The van der Waals surface area contributed by atoms with Gasteiger partial charge in [0.1, 0.15) is 0 Å². The number of hydrogen-bond donors (Lipinski definition) is 1. The van der Waals surface area contributed by atoms with Crippen molar-refractivity contribution in [3.05, 3.63) is 0 Å². The summed E-state index contributed by atoms with van der Waals surface area (Å²) >= 11 is 0. The Balaban J connectivity index is 1.53. The molecule has 0 spiro atoms. The fourth-order valence-electron chi connectivity index (χ4n) is 4.74. The van der Waals surface area contributed by atoms with Crippen LogP contribution in [0.4, 0.5) is 0 Å². The van der Waals surface area contributed by atoms with Crippen LogP contribution in [0.2, 0.25) is 0 Å². The summed E-state index contributed by atoms with van der Waals surface area (Å²) in [7, 11) is 2.41. The van der Waals surface area contributed by atoms with Crippen LogP contribution in [0.1, 0.15) is 58.3 Å². The largest absolute Gasteiger partial charge is 0.311 e. The van der Waals surface area contributed by atoms with Gasteiger partial charge in [-0.2, -0.15) is 0 Å². The van der Waals surface area contributed by atoms with Crippen LogP contribution in [0.15, 0.2) is 0 Å². The maximum absolute atomic E-state index is 3.78. The van der Waals surface area contributed by atoms with Crippen LogP contribution in [0.5, 0.6) is 0 Å². The number of likely N-dealkylation sites (tertiary alicyclic amines) is 1. The standard InChI is InChI=1S/C17H33N3/c1-3-9-20-10-4-5-16(8-11-20)19(2)17-12-14-6-7-15(13-17)18-14/h14-18H,3-13H2,1-2H3. The van der Waals surface area contributed by atoms with Gasteiger partial charge < -0.3 is 15.1 Å². The average Bonchev–Trinajstić information content (AvgIpc) is 2.67. The van der Waals surface area contributed by atoms with Gasteiger partial charge in [-0.05, 0) is 78.0 Å². The maximum Gasteiger partial charge on any atom is 0.0125 e. The van der Waals surface area contributed by atoms with Crippen molar-refractivity contribution in [1.29, 1.82) is 0 Å². The zero-order chi connectivity index (χ0) is 13.9. The highest BCUT2D eigenvalue weighted by Gasteiger charge is 2.36. The monoisotopic (exact) mass is 279 g/mol. The third-order valence-corrected chi connectivity index (χ3v) is 5.93. The van der Waals surface area contributed by atoms with Crippen LogP contribution in [0, 0.1) is 0 Å². The Morgan fingerprint density at radius 3 is 2.45 bits per heavy atom. The van der Waals surface area contributed by atoms with E-state index in [0.29, 0.717) is 0 Å². The first kappa shape index (κ1) is 14.8. The van der Waals surface area contributed by atoms with Crippen LogP contribution in [-0.2, 0) is 0 Å². The number of hydrogen-bond acceptors (Lipinski definition) is 3. The number of piperidine rings is 1. The molecular formula is C17H33N3. The molecule has 3 nitrogen and oxygen atoms in total. The Morgan fingerprint density at radius 1 is 1.00 bits per heavy atom. The molecular weight excluding hydrogens is 246 g/mol. The minimum absolute atomic E-state index is 0.823. The van der Waals surface area contributed by atoms with Gasteiger partial charge >= 0.3 is 0 Å². The second kappa shape index (κ2) is 6.76. The van der Waals surface area contributed by atoms with Crippen LogP contribution < -0.4 is 5.32 Å². The first-order valence-electron chi connectivity index (χ1n) is 8.96. The highest BCUT2D eigenvalue weighted by Crippen LogP contribution is 2.31. The van der Waals surface area contributed by atoms with Gasteiger partial charge in [-0.3, -0.25) is 0 Å². The lowest BCUT2D eigenvalue weighted by molar-refractivity contribution is 0.114. The minimum atomic E-state index is 0.823. The molecule has 3 saturated heterocycles. The third kappa shape index (κ3) is 3.37. The van der Waals surface area contributed by atoms with Gasteiger partial charge in [-0.15, -0.1) is 0 Å². The predicted octanol–water partition coefficient (Wildman–Crippen LogP) is 2.47. The average molecular weight is 279 g/mol. The quantitative estimate of drug-likeness (QED) is 0.853. The summed E-state index contributed by atoms with van der Waals surface area (Å²) in [6.07, 6.45) is 11.1. The first-order valence-corrected chi connectivity index (χ1v) is 8.96. The molecule has 116 valence electrons. The van der Waals surface area contributed by atoms with Crippen LogP contribution in [-0.4, -0.2) is 60.6 Å². The van der Waals surface area contributed by atoms with E-state index < -0.39 is 0 Å². The Labute approximate surface area is 125 Å². The molecule has 2 bridgehead atoms. The van der Waals surface area contributed by atoms with Crippen molar-refractivity contribution in [2.24, 2.45) is 0 Å². The maximum atomic E-state index is 3.78. The summed E-state index contributed by atoms with van der Waals surface area (Å²) in [6.45, 7) is 6.25. The lowest BCUT2D eigenvalue weighted by atomic mass is 9.95. The highest BCUT2D eigenvalue weighted by atomic mass is 15.2. The van der Waals surface area contributed by atoms with Gasteiger partial charge in [0.15, 0.2) is 0 Å². The fraction of sp³-hybridized carbons (Fsp3) is 1.00. The molecule has 0 radical (unpaired) electrons. The van der Waals surface area contributed by atoms with E-state index in [1.807, 2.05) is 0 Å². The Hall–Kier alpha value is -0.120. The van der Waals surface area contributed by atoms with Gasteiger partial charge in [0.05, 0.1) is 0 Å². The van der Waals surface area contributed by atoms with Crippen molar-refractivity contribution >= 4 is 0 Å². The van der Waals surface area contributed by atoms with E-state index in [-0.39, 0.29) is 0 Å². The van der Waals surface area contributed by atoms with Gasteiger partial charge in [-0.1, -0.05) is 6.92 Å². The lowest BCUT2D eigenvalue weighted by Gasteiger charge is -2.39. The number of nitrogens with zero attached hydrogens (tertiary/aromatic N) is 2. The van der Waals surface area contributed by atoms with Crippen LogP contribution in [0.25, 0.3) is 0 Å². The zero-order valence-electron chi connectivity index (χ0n) is 13.5. The molecule has 0 amide bonds. The molecule has 3 rings (SSSR count). The molecule has 3 aliphatic heterocycles. The SMILES string of the molecule is CCCN1CCCC(N(C)C2CC3CCC(C2)N3)CC1. The molecule has 3 aliphatic rings. The number of nitrogens with one attached hydrogen (secondary N) is 1. The second-order valence-electron chi connectivity index (χ2n) is 7.35. The fourth-order valence-corrected chi connectivity index (χ4v) is 4.74. The van der Waals surface area contributed by atoms with E-state index >= 15 is 0 Å². The van der Waals surface area contributed by atoms with Gasteiger partial charge in [0.25, 0.3) is 0 Å². The Kier molecular flexibility index (Phi) is 5.00. The Bertz CT molecular complexity index is 295. The molecule has 0 aliphatic carbocycles. The molecule has 20 heavy (non-hydrogen) atoms. The van der Waals surface area contributed by atoms with E-state index in [9.17, 15) is 0 Å². The summed E-state index contributed by atoms with van der Waals surface area (Å²) in [5.74, 6) is 0. The Morgan fingerprint density at radius 2 is 1.75 bits per heavy atom. The summed E-state index contributed by atoms with van der Waals surface area (Å²) in [6, 6.07) is 3.32. The second-order valence-corrected chi connectivity index (χ2v) is 7.35. The topological polar surface area (TPSA) is 18.5 Å². The van der Waals surface area contributed by atoms with Crippen LogP contribution in [0.3, 0.4) is 0 Å². The van der Waals surface area contributed by atoms with E-state index in [1.165, 1.54) is 71.0 Å². The zero-order valence-corrected chi connectivity index (χ0v) is 13.5. The minimum Gasteiger partial charge on any atom is -0.311 e. The van der Waals surface area contributed by atoms with Gasteiger partial charge in [0.2, 0.25) is 0 Å². The van der Waals surface area contributed by atoms with Gasteiger partial charge in [0, 0.05) is 24.2 Å². The summed E-state index contributed by atoms with van der Waals surface area (Å²) in [5.41, 5.74) is 0. The molecule has 3 fully saturated rings. The number of fused-ring (bicyclic) bond motifs is 2. The van der Waals surface area contributed by atoms with Crippen LogP contribution >= 0.6 is 0 Å².